The van der Waals surface area contributed by atoms with Crippen LogP contribution in [0.1, 0.15) is 52.7 Å². The number of nitrogens with two attached hydrogens (primary N) is 2. The van der Waals surface area contributed by atoms with Crippen LogP contribution in [-0.2, 0) is 30.4 Å². The molecule has 35 heavy (non-hydrogen) atoms. The topological polar surface area (TPSA) is 222 Å². The van der Waals surface area contributed by atoms with E-state index in [1.807, 2.05) is 6.92 Å². The molecule has 0 aliphatic carbocycles. The first-order valence-corrected chi connectivity index (χ1v) is 11.5. The maximum atomic E-state index is 13.1. The van der Waals surface area contributed by atoms with Gasteiger partial charge in [-0.3, -0.25) is 19.2 Å². The molecule has 13 nitrogen and oxygen atoms in total. The summed E-state index contributed by atoms with van der Waals surface area (Å²) < 4.78 is 0. The van der Waals surface area contributed by atoms with Crippen molar-refractivity contribution in [3.05, 3.63) is 18.2 Å². The minimum atomic E-state index is -1.35. The maximum Gasteiger partial charge on any atom is 0.326 e. The molecule has 0 saturated heterocycles. The van der Waals surface area contributed by atoms with Crippen LogP contribution >= 0.6 is 0 Å². The summed E-state index contributed by atoms with van der Waals surface area (Å²) in [6.45, 7) is 7.00. The molecule has 5 atom stereocenters. The summed E-state index contributed by atoms with van der Waals surface area (Å²) >= 11 is 0. The lowest BCUT2D eigenvalue weighted by molar-refractivity contribution is -0.143. The van der Waals surface area contributed by atoms with Crippen LogP contribution in [0.2, 0.25) is 0 Å². The molecule has 0 saturated carbocycles. The van der Waals surface area contributed by atoms with Crippen LogP contribution in [0.5, 0.6) is 0 Å². The van der Waals surface area contributed by atoms with Crippen LogP contribution in [0.15, 0.2) is 12.5 Å². The second-order valence-corrected chi connectivity index (χ2v) is 8.89. The summed E-state index contributed by atoms with van der Waals surface area (Å²) in [5, 5.41) is 17.0. The number of hydrogen-bond acceptors (Lipinski definition) is 7. The Bertz CT molecular complexity index is 874. The number of carboxylic acid groups (broad SMARTS) is 1. The van der Waals surface area contributed by atoms with Crippen molar-refractivity contribution in [1.82, 2.24) is 25.9 Å². The van der Waals surface area contributed by atoms with E-state index in [1.165, 1.54) is 6.33 Å². The van der Waals surface area contributed by atoms with Crippen LogP contribution in [0.25, 0.3) is 0 Å². The molecule has 1 heterocycles. The SMILES string of the molecule is CCC(C)C(NC(=O)C(NC(=O)C(N)Cc1cnc[nH]1)C(C)C)C(=O)NC(CCC(N)=O)C(=O)O. The van der Waals surface area contributed by atoms with Crippen molar-refractivity contribution >= 4 is 29.6 Å². The van der Waals surface area contributed by atoms with Gasteiger partial charge in [-0.1, -0.05) is 34.1 Å². The lowest BCUT2D eigenvalue weighted by atomic mass is 9.95. The standard InChI is InChI=1S/C22H37N7O6/c1-5-12(4)18(21(33)27-15(22(34)35)6-7-16(24)30)29-20(32)17(11(2)3)28-19(31)14(23)8-13-9-25-10-26-13/h9-12,14-15,17-18H,5-8,23H2,1-4H3,(H2,24,30)(H,25,26)(H,27,33)(H,28,31)(H,29,32)(H,34,35). The smallest absolute Gasteiger partial charge is 0.326 e. The van der Waals surface area contributed by atoms with Gasteiger partial charge in [0.2, 0.25) is 23.6 Å². The Balaban J connectivity index is 2.92. The van der Waals surface area contributed by atoms with E-state index in [0.29, 0.717) is 12.1 Å². The number of nitrogens with zero attached hydrogens (tertiary/aromatic N) is 1. The number of H-pyrrole nitrogens is 1. The van der Waals surface area contributed by atoms with Gasteiger partial charge in [-0.15, -0.1) is 0 Å². The summed E-state index contributed by atoms with van der Waals surface area (Å²) in [6, 6.07) is -4.33. The highest BCUT2D eigenvalue weighted by atomic mass is 16.4. The molecule has 0 fully saturated rings. The molecule has 4 amide bonds. The van der Waals surface area contributed by atoms with Crippen LogP contribution in [0.3, 0.4) is 0 Å². The number of hydrogen-bond donors (Lipinski definition) is 7. The van der Waals surface area contributed by atoms with Crippen molar-refractivity contribution in [3.8, 4) is 0 Å². The average molecular weight is 496 g/mol. The molecule has 196 valence electrons. The zero-order valence-electron chi connectivity index (χ0n) is 20.5. The third kappa shape index (κ3) is 9.73. The van der Waals surface area contributed by atoms with Gasteiger partial charge in [-0.25, -0.2) is 9.78 Å². The van der Waals surface area contributed by atoms with E-state index in [1.54, 1.807) is 27.0 Å². The van der Waals surface area contributed by atoms with E-state index < -0.39 is 53.8 Å². The Morgan fingerprint density at radius 2 is 1.63 bits per heavy atom. The van der Waals surface area contributed by atoms with Crippen molar-refractivity contribution in [2.75, 3.05) is 0 Å². The van der Waals surface area contributed by atoms with Gasteiger partial charge >= 0.3 is 5.97 Å². The molecule has 0 aromatic carbocycles. The zero-order valence-corrected chi connectivity index (χ0v) is 20.5. The normalized spacial score (nSPS) is 15.4. The molecule has 5 unspecified atom stereocenters. The molecule has 0 spiro atoms. The molecule has 0 aliphatic rings. The van der Waals surface area contributed by atoms with E-state index in [-0.39, 0.29) is 31.1 Å². The maximum absolute atomic E-state index is 13.1. The Morgan fingerprint density at radius 3 is 2.11 bits per heavy atom. The molecule has 0 radical (unpaired) electrons. The van der Waals surface area contributed by atoms with E-state index >= 15 is 0 Å². The summed E-state index contributed by atoms with van der Waals surface area (Å²) in [6.07, 6.45) is 3.30. The third-order valence-corrected chi connectivity index (χ3v) is 5.67. The first-order chi connectivity index (χ1) is 16.4. The molecule has 13 heteroatoms. The number of aromatic nitrogens is 2. The van der Waals surface area contributed by atoms with Gasteiger partial charge in [-0.2, -0.15) is 0 Å². The number of imidazole rings is 1. The fourth-order valence-corrected chi connectivity index (χ4v) is 3.27. The molecule has 0 aliphatic heterocycles. The van der Waals surface area contributed by atoms with Gasteiger partial charge in [0.15, 0.2) is 0 Å². The van der Waals surface area contributed by atoms with Gasteiger partial charge < -0.3 is 37.5 Å². The van der Waals surface area contributed by atoms with Crippen molar-refractivity contribution in [3.63, 3.8) is 0 Å². The fourth-order valence-electron chi connectivity index (χ4n) is 3.27. The Morgan fingerprint density at radius 1 is 1.03 bits per heavy atom. The first-order valence-electron chi connectivity index (χ1n) is 11.5. The summed E-state index contributed by atoms with van der Waals surface area (Å²) in [4.78, 5) is 67.9. The van der Waals surface area contributed by atoms with Crippen LogP contribution in [-0.4, -0.2) is 68.8 Å². The molecule has 1 aromatic heterocycles. The summed E-state index contributed by atoms with van der Waals surface area (Å²) in [5.74, 6) is -4.57. The predicted molar refractivity (Wildman–Crippen MR) is 126 cm³/mol. The summed E-state index contributed by atoms with van der Waals surface area (Å²) in [7, 11) is 0. The van der Waals surface area contributed by atoms with Crippen molar-refractivity contribution in [2.24, 2.45) is 23.3 Å². The quantitative estimate of drug-likeness (QED) is 0.156. The Kier molecular flexibility index (Phi) is 11.9. The number of aromatic amines is 1. The van der Waals surface area contributed by atoms with Gasteiger partial charge in [0, 0.05) is 24.7 Å². The number of nitrogens with one attached hydrogen (secondary N) is 4. The van der Waals surface area contributed by atoms with Crippen molar-refractivity contribution < 1.29 is 29.1 Å². The highest BCUT2D eigenvalue weighted by Crippen LogP contribution is 2.12. The number of rotatable bonds is 15. The number of carboxylic acids is 1. The molecule has 1 rings (SSSR count). The summed E-state index contributed by atoms with van der Waals surface area (Å²) in [5.41, 5.74) is 11.7. The van der Waals surface area contributed by atoms with Crippen LogP contribution in [0.4, 0.5) is 0 Å². The van der Waals surface area contributed by atoms with E-state index in [4.69, 9.17) is 11.5 Å². The number of carbonyl (C=O) groups excluding carboxylic acids is 4. The lowest BCUT2D eigenvalue weighted by Crippen LogP contribution is -2.60. The second kappa shape index (κ2) is 14.0. The van der Waals surface area contributed by atoms with Gasteiger partial charge in [0.1, 0.15) is 18.1 Å². The largest absolute Gasteiger partial charge is 0.480 e. The van der Waals surface area contributed by atoms with Crippen LogP contribution in [0, 0.1) is 11.8 Å². The van der Waals surface area contributed by atoms with E-state index in [0.717, 1.165) is 0 Å². The highest BCUT2D eigenvalue weighted by molar-refractivity contribution is 5.94. The molecule has 0 bridgehead atoms. The Labute approximate surface area is 204 Å². The fraction of sp³-hybridized carbons (Fsp3) is 0.636. The molecule has 1 aromatic rings. The van der Waals surface area contributed by atoms with Crippen LogP contribution < -0.4 is 27.4 Å². The number of aliphatic carboxylic acids is 1. The molecular weight excluding hydrogens is 458 g/mol. The molecular formula is C22H37N7O6. The minimum absolute atomic E-state index is 0.184. The first kappa shape index (κ1) is 29.6. The lowest BCUT2D eigenvalue weighted by Gasteiger charge is -2.29. The monoisotopic (exact) mass is 495 g/mol. The zero-order chi connectivity index (χ0) is 26.7. The number of primary amides is 1. The highest BCUT2D eigenvalue weighted by Gasteiger charge is 2.33. The van der Waals surface area contributed by atoms with Gasteiger partial charge in [0.25, 0.3) is 0 Å². The second-order valence-electron chi connectivity index (χ2n) is 8.89. The molecule has 9 N–H and O–H groups in total. The third-order valence-electron chi connectivity index (χ3n) is 5.67. The van der Waals surface area contributed by atoms with Gasteiger partial charge in [0.05, 0.1) is 12.4 Å². The van der Waals surface area contributed by atoms with Crippen molar-refractivity contribution in [1.29, 1.82) is 0 Å². The Hall–Kier alpha value is -3.48. The van der Waals surface area contributed by atoms with Gasteiger partial charge in [-0.05, 0) is 18.3 Å². The van der Waals surface area contributed by atoms with E-state index in [2.05, 4.69) is 25.9 Å². The number of amides is 4. The number of carbonyl (C=O) groups is 5. The van der Waals surface area contributed by atoms with Crippen molar-refractivity contribution in [2.45, 2.75) is 77.5 Å². The average Bonchev–Trinajstić information content (AvgIpc) is 3.29. The minimum Gasteiger partial charge on any atom is -0.480 e. The van der Waals surface area contributed by atoms with E-state index in [9.17, 15) is 29.1 Å². The predicted octanol–water partition coefficient (Wildman–Crippen LogP) is -1.21.